The van der Waals surface area contributed by atoms with Crippen molar-refractivity contribution >= 4 is 17.7 Å². The Balaban J connectivity index is 2.46. The van der Waals surface area contributed by atoms with Gasteiger partial charge in [-0.25, -0.2) is 0 Å². The van der Waals surface area contributed by atoms with E-state index in [1.54, 1.807) is 0 Å². The van der Waals surface area contributed by atoms with Crippen LogP contribution < -0.4 is 11.1 Å². The third-order valence-electron chi connectivity index (χ3n) is 1.88. The number of amides is 1. The molecular weight excluding hydrogens is 208 g/mol. The van der Waals surface area contributed by atoms with Gasteiger partial charge in [0.2, 0.25) is 5.91 Å². The summed E-state index contributed by atoms with van der Waals surface area (Å²) in [5.74, 6) is 0.530. The average molecular weight is 224 g/mol. The number of rotatable bonds is 5. The first kappa shape index (κ1) is 12.1. The summed E-state index contributed by atoms with van der Waals surface area (Å²) >= 11 is 1.53. The maximum atomic E-state index is 11.2. The first-order valence-corrected chi connectivity index (χ1v) is 5.93. The Labute approximate surface area is 94.4 Å². The van der Waals surface area contributed by atoms with Crippen molar-refractivity contribution in [3.8, 4) is 0 Å². The lowest BCUT2D eigenvalue weighted by Crippen LogP contribution is -2.24. The fourth-order valence-corrected chi connectivity index (χ4v) is 1.97. The van der Waals surface area contributed by atoms with Gasteiger partial charge in [-0.2, -0.15) is 0 Å². The van der Waals surface area contributed by atoms with Gasteiger partial charge in [-0.05, 0) is 24.6 Å². The van der Waals surface area contributed by atoms with E-state index in [4.69, 9.17) is 5.73 Å². The van der Waals surface area contributed by atoms with Crippen molar-refractivity contribution in [2.45, 2.75) is 18.4 Å². The third-order valence-corrected chi connectivity index (χ3v) is 2.87. The Morgan fingerprint density at radius 1 is 1.53 bits per heavy atom. The predicted octanol–water partition coefficient (Wildman–Crippen LogP) is 1.37. The fourth-order valence-electron chi connectivity index (χ4n) is 1.16. The van der Waals surface area contributed by atoms with Crippen LogP contribution in [0.3, 0.4) is 0 Å². The highest BCUT2D eigenvalue weighted by Gasteiger charge is 2.01. The summed E-state index contributed by atoms with van der Waals surface area (Å²) in [5, 5.41) is 2.76. The molecule has 0 aliphatic carbocycles. The van der Waals surface area contributed by atoms with E-state index in [-0.39, 0.29) is 5.91 Å². The Bertz CT molecular complexity index is 328. The van der Waals surface area contributed by atoms with Gasteiger partial charge in [0.25, 0.3) is 0 Å². The minimum absolute atomic E-state index is 0.0700. The number of nitrogens with one attached hydrogen (secondary N) is 1. The molecule has 0 radical (unpaired) electrons. The normalized spacial score (nSPS) is 10.0. The number of hydrogen-bond donors (Lipinski definition) is 2. The molecule has 3 nitrogen and oxygen atoms in total. The molecule has 0 unspecified atom stereocenters. The molecule has 82 valence electrons. The largest absolute Gasteiger partial charge is 0.356 e. The number of benzene rings is 1. The van der Waals surface area contributed by atoms with E-state index < -0.39 is 0 Å². The summed E-state index contributed by atoms with van der Waals surface area (Å²) in [7, 11) is 0. The highest BCUT2D eigenvalue weighted by Crippen LogP contribution is 2.18. The molecular formula is C11H16N2OS. The molecule has 0 fully saturated rings. The van der Waals surface area contributed by atoms with Crippen LogP contribution in [-0.4, -0.2) is 18.2 Å². The Morgan fingerprint density at radius 3 is 3.00 bits per heavy atom. The molecule has 0 aliphatic heterocycles. The van der Waals surface area contributed by atoms with Gasteiger partial charge in [-0.3, -0.25) is 4.79 Å². The molecule has 1 aromatic carbocycles. The van der Waals surface area contributed by atoms with Crippen molar-refractivity contribution in [3.05, 3.63) is 29.8 Å². The SMILES string of the molecule is CCNC(=O)CSc1cccc(CN)c1. The lowest BCUT2D eigenvalue weighted by molar-refractivity contribution is -0.118. The summed E-state index contributed by atoms with van der Waals surface area (Å²) in [5.41, 5.74) is 6.63. The van der Waals surface area contributed by atoms with Crippen molar-refractivity contribution in [2.24, 2.45) is 5.73 Å². The number of hydrogen-bond acceptors (Lipinski definition) is 3. The van der Waals surface area contributed by atoms with E-state index in [9.17, 15) is 4.79 Å². The first-order chi connectivity index (χ1) is 7.26. The molecule has 1 amide bonds. The van der Waals surface area contributed by atoms with Crippen LogP contribution in [0.25, 0.3) is 0 Å². The topological polar surface area (TPSA) is 55.1 Å². The van der Waals surface area contributed by atoms with Crippen LogP contribution in [0.1, 0.15) is 12.5 Å². The first-order valence-electron chi connectivity index (χ1n) is 4.94. The molecule has 3 N–H and O–H groups in total. The van der Waals surface area contributed by atoms with Crippen molar-refractivity contribution in [1.82, 2.24) is 5.32 Å². The molecule has 0 bridgehead atoms. The zero-order chi connectivity index (χ0) is 11.1. The quantitative estimate of drug-likeness (QED) is 0.743. The molecule has 0 atom stereocenters. The van der Waals surface area contributed by atoms with Gasteiger partial charge in [-0.1, -0.05) is 12.1 Å². The Kier molecular flexibility index (Phi) is 5.21. The second-order valence-corrected chi connectivity index (χ2v) is 4.14. The molecule has 0 heterocycles. The van der Waals surface area contributed by atoms with Crippen LogP contribution in [0, 0.1) is 0 Å². The van der Waals surface area contributed by atoms with E-state index in [2.05, 4.69) is 5.32 Å². The summed E-state index contributed by atoms with van der Waals surface area (Å²) in [6.45, 7) is 3.13. The zero-order valence-electron chi connectivity index (χ0n) is 8.82. The van der Waals surface area contributed by atoms with Crippen LogP contribution in [0.15, 0.2) is 29.2 Å². The number of nitrogens with two attached hydrogens (primary N) is 1. The predicted molar refractivity (Wildman–Crippen MR) is 63.7 cm³/mol. The average Bonchev–Trinajstić information content (AvgIpc) is 2.27. The van der Waals surface area contributed by atoms with Crippen molar-refractivity contribution < 1.29 is 4.79 Å². The van der Waals surface area contributed by atoms with Gasteiger partial charge < -0.3 is 11.1 Å². The maximum Gasteiger partial charge on any atom is 0.230 e. The molecule has 1 rings (SSSR count). The van der Waals surface area contributed by atoms with Crippen molar-refractivity contribution in [1.29, 1.82) is 0 Å². The highest BCUT2D eigenvalue weighted by molar-refractivity contribution is 8.00. The Hall–Kier alpha value is -1.00. The highest BCUT2D eigenvalue weighted by atomic mass is 32.2. The third kappa shape index (κ3) is 4.36. The van der Waals surface area contributed by atoms with E-state index in [0.29, 0.717) is 18.8 Å². The molecule has 0 aliphatic rings. The van der Waals surface area contributed by atoms with Crippen LogP contribution in [-0.2, 0) is 11.3 Å². The summed E-state index contributed by atoms with van der Waals surface area (Å²) in [4.78, 5) is 12.3. The van der Waals surface area contributed by atoms with E-state index in [0.717, 1.165) is 10.5 Å². The second-order valence-electron chi connectivity index (χ2n) is 3.09. The molecule has 0 spiro atoms. The molecule has 0 saturated heterocycles. The van der Waals surface area contributed by atoms with Gasteiger partial charge >= 0.3 is 0 Å². The van der Waals surface area contributed by atoms with E-state index in [1.165, 1.54) is 11.8 Å². The van der Waals surface area contributed by atoms with Gasteiger partial charge in [-0.15, -0.1) is 11.8 Å². The van der Waals surface area contributed by atoms with Crippen LogP contribution >= 0.6 is 11.8 Å². The molecule has 15 heavy (non-hydrogen) atoms. The van der Waals surface area contributed by atoms with Crippen molar-refractivity contribution in [3.63, 3.8) is 0 Å². The van der Waals surface area contributed by atoms with Gasteiger partial charge in [0.1, 0.15) is 0 Å². The minimum atomic E-state index is 0.0700. The van der Waals surface area contributed by atoms with Gasteiger partial charge in [0, 0.05) is 18.0 Å². The van der Waals surface area contributed by atoms with Crippen LogP contribution in [0.2, 0.25) is 0 Å². The number of carbonyl (C=O) groups is 1. The summed E-state index contributed by atoms with van der Waals surface area (Å²) < 4.78 is 0. The number of carbonyl (C=O) groups excluding carboxylic acids is 1. The van der Waals surface area contributed by atoms with E-state index >= 15 is 0 Å². The summed E-state index contributed by atoms with van der Waals surface area (Å²) in [6.07, 6.45) is 0. The number of thioether (sulfide) groups is 1. The minimum Gasteiger partial charge on any atom is -0.356 e. The standard InChI is InChI=1S/C11H16N2OS/c1-2-13-11(14)8-15-10-5-3-4-9(6-10)7-12/h3-6H,2,7-8,12H2,1H3,(H,13,14). The lowest BCUT2D eigenvalue weighted by Gasteiger charge is -2.03. The fraction of sp³-hybridized carbons (Fsp3) is 0.364. The lowest BCUT2D eigenvalue weighted by atomic mass is 10.2. The van der Waals surface area contributed by atoms with E-state index in [1.807, 2.05) is 31.2 Å². The summed E-state index contributed by atoms with van der Waals surface area (Å²) in [6, 6.07) is 7.95. The second kappa shape index (κ2) is 6.48. The monoisotopic (exact) mass is 224 g/mol. The maximum absolute atomic E-state index is 11.2. The molecule has 0 saturated carbocycles. The van der Waals surface area contributed by atoms with Crippen molar-refractivity contribution in [2.75, 3.05) is 12.3 Å². The molecule has 1 aromatic rings. The van der Waals surface area contributed by atoms with Crippen LogP contribution in [0.5, 0.6) is 0 Å². The molecule has 4 heteroatoms. The van der Waals surface area contributed by atoms with Crippen LogP contribution in [0.4, 0.5) is 0 Å². The molecule has 0 aromatic heterocycles. The smallest absolute Gasteiger partial charge is 0.230 e. The van der Waals surface area contributed by atoms with Gasteiger partial charge in [0.15, 0.2) is 0 Å². The zero-order valence-corrected chi connectivity index (χ0v) is 9.64. The van der Waals surface area contributed by atoms with Gasteiger partial charge in [0.05, 0.1) is 5.75 Å². The Morgan fingerprint density at radius 2 is 2.33 bits per heavy atom.